The van der Waals surface area contributed by atoms with Crippen molar-refractivity contribution in [2.75, 3.05) is 34.4 Å². The van der Waals surface area contributed by atoms with Crippen molar-refractivity contribution in [3.05, 3.63) is 29.3 Å². The van der Waals surface area contributed by atoms with E-state index in [2.05, 4.69) is 17.2 Å². The van der Waals surface area contributed by atoms with Crippen molar-refractivity contribution in [3.8, 4) is 17.6 Å². The van der Waals surface area contributed by atoms with Crippen LogP contribution in [0.5, 0.6) is 5.75 Å². The van der Waals surface area contributed by atoms with Gasteiger partial charge >= 0.3 is 0 Å². The van der Waals surface area contributed by atoms with Crippen LogP contribution in [-0.2, 0) is 11.3 Å². The van der Waals surface area contributed by atoms with Gasteiger partial charge in [0, 0.05) is 13.6 Å². The number of nitrogens with one attached hydrogen (secondary N) is 1. The van der Waals surface area contributed by atoms with Gasteiger partial charge in [0.2, 0.25) is 5.91 Å². The van der Waals surface area contributed by atoms with Crippen LogP contribution >= 0.6 is 0 Å². The third kappa shape index (κ3) is 4.92. The lowest BCUT2D eigenvalue weighted by Gasteiger charge is -2.16. The number of likely N-dealkylation sites (N-methyl/N-ethyl adjacent to an activating group) is 2. The summed E-state index contributed by atoms with van der Waals surface area (Å²) in [6.07, 6.45) is 0. The minimum absolute atomic E-state index is 0.0266. The Labute approximate surface area is 119 Å². The average molecular weight is 276 g/mol. The van der Waals surface area contributed by atoms with Crippen LogP contribution in [-0.4, -0.2) is 50.3 Å². The van der Waals surface area contributed by atoms with Crippen LogP contribution < -0.4 is 10.1 Å². The lowest BCUT2D eigenvalue weighted by molar-refractivity contribution is -0.121. The van der Waals surface area contributed by atoms with Crippen molar-refractivity contribution >= 4 is 5.91 Å². The molecule has 108 valence electrons. The van der Waals surface area contributed by atoms with E-state index in [9.17, 15) is 4.79 Å². The van der Waals surface area contributed by atoms with Crippen LogP contribution in [0, 0.1) is 11.8 Å². The quantitative estimate of drug-likeness (QED) is 0.755. The van der Waals surface area contributed by atoms with Crippen LogP contribution in [0.15, 0.2) is 18.2 Å². The van der Waals surface area contributed by atoms with E-state index in [1.54, 1.807) is 14.2 Å². The molecule has 5 heteroatoms. The van der Waals surface area contributed by atoms with Crippen LogP contribution in [0.3, 0.4) is 0 Å². The van der Waals surface area contributed by atoms with E-state index in [1.165, 1.54) is 0 Å². The smallest absolute Gasteiger partial charge is 0.233 e. The molecule has 0 aliphatic heterocycles. The predicted molar refractivity (Wildman–Crippen MR) is 77.4 cm³/mol. The van der Waals surface area contributed by atoms with Crippen molar-refractivity contribution in [1.29, 1.82) is 0 Å². The summed E-state index contributed by atoms with van der Waals surface area (Å²) in [4.78, 5) is 13.2. The number of carbonyl (C=O) groups is 1. The summed E-state index contributed by atoms with van der Waals surface area (Å²) in [5, 5.41) is 11.4. The summed E-state index contributed by atoms with van der Waals surface area (Å²) >= 11 is 0. The standard InChI is InChI=1S/C15H20N2O3/c1-16-15(19)11-17(2)10-12-6-7-14(20-3)13(9-12)5-4-8-18/h6-7,9,18H,8,10-11H2,1-3H3,(H,16,19). The van der Waals surface area contributed by atoms with E-state index < -0.39 is 0 Å². The van der Waals surface area contributed by atoms with Gasteiger partial charge in [-0.2, -0.15) is 0 Å². The molecule has 1 aromatic carbocycles. The first-order chi connectivity index (χ1) is 9.60. The van der Waals surface area contributed by atoms with E-state index in [-0.39, 0.29) is 12.5 Å². The van der Waals surface area contributed by atoms with Crippen molar-refractivity contribution in [2.24, 2.45) is 0 Å². The zero-order valence-corrected chi connectivity index (χ0v) is 12.1. The van der Waals surface area contributed by atoms with E-state index in [1.807, 2.05) is 30.1 Å². The summed E-state index contributed by atoms with van der Waals surface area (Å²) < 4.78 is 5.22. The largest absolute Gasteiger partial charge is 0.495 e. The van der Waals surface area contributed by atoms with E-state index in [4.69, 9.17) is 9.84 Å². The third-order valence-electron chi connectivity index (χ3n) is 2.71. The van der Waals surface area contributed by atoms with Gasteiger partial charge in [0.05, 0.1) is 19.2 Å². The molecular formula is C15H20N2O3. The molecule has 0 fully saturated rings. The molecule has 2 N–H and O–H groups in total. The highest BCUT2D eigenvalue weighted by atomic mass is 16.5. The topological polar surface area (TPSA) is 61.8 Å². The van der Waals surface area contributed by atoms with Gasteiger partial charge in [0.25, 0.3) is 0 Å². The molecule has 0 saturated carbocycles. The molecule has 0 unspecified atom stereocenters. The van der Waals surface area contributed by atoms with Crippen LogP contribution in [0.2, 0.25) is 0 Å². The molecule has 0 radical (unpaired) electrons. The minimum Gasteiger partial charge on any atom is -0.495 e. The van der Waals surface area contributed by atoms with Crippen molar-refractivity contribution in [2.45, 2.75) is 6.54 Å². The predicted octanol–water partition coefficient (Wildman–Crippen LogP) is 0.217. The molecule has 1 aromatic rings. The Morgan fingerprint density at radius 1 is 1.50 bits per heavy atom. The lowest BCUT2D eigenvalue weighted by atomic mass is 10.1. The van der Waals surface area contributed by atoms with Crippen molar-refractivity contribution in [1.82, 2.24) is 10.2 Å². The first-order valence-electron chi connectivity index (χ1n) is 6.26. The molecule has 0 saturated heterocycles. The minimum atomic E-state index is -0.191. The molecule has 0 aliphatic rings. The number of hydrogen-bond donors (Lipinski definition) is 2. The van der Waals surface area contributed by atoms with Gasteiger partial charge in [-0.25, -0.2) is 0 Å². The number of benzene rings is 1. The molecule has 0 aliphatic carbocycles. The van der Waals surface area contributed by atoms with Crippen LogP contribution in [0.4, 0.5) is 0 Å². The monoisotopic (exact) mass is 276 g/mol. The third-order valence-corrected chi connectivity index (χ3v) is 2.71. The highest BCUT2D eigenvalue weighted by molar-refractivity contribution is 5.77. The Hall–Kier alpha value is -2.03. The Morgan fingerprint density at radius 3 is 2.85 bits per heavy atom. The highest BCUT2D eigenvalue weighted by Gasteiger charge is 2.07. The molecule has 20 heavy (non-hydrogen) atoms. The first-order valence-corrected chi connectivity index (χ1v) is 6.26. The number of carbonyl (C=O) groups excluding carboxylic acids is 1. The molecule has 0 aromatic heterocycles. The molecule has 0 atom stereocenters. The lowest BCUT2D eigenvalue weighted by Crippen LogP contribution is -2.32. The Bertz CT molecular complexity index is 518. The summed E-state index contributed by atoms with van der Waals surface area (Å²) in [6, 6.07) is 5.68. The second-order valence-electron chi connectivity index (χ2n) is 4.34. The van der Waals surface area contributed by atoms with Gasteiger partial charge < -0.3 is 15.2 Å². The van der Waals surface area contributed by atoms with Gasteiger partial charge in [-0.1, -0.05) is 17.9 Å². The zero-order chi connectivity index (χ0) is 15.0. The number of aliphatic hydroxyl groups excluding tert-OH is 1. The fourth-order valence-electron chi connectivity index (χ4n) is 1.78. The number of rotatable bonds is 5. The van der Waals surface area contributed by atoms with Gasteiger partial charge in [0.1, 0.15) is 12.4 Å². The maximum atomic E-state index is 11.3. The van der Waals surface area contributed by atoms with Gasteiger partial charge in [-0.05, 0) is 24.7 Å². The summed E-state index contributed by atoms with van der Waals surface area (Å²) in [5.74, 6) is 6.11. The number of ether oxygens (including phenoxy) is 1. The van der Waals surface area contributed by atoms with Crippen molar-refractivity contribution in [3.63, 3.8) is 0 Å². The Balaban J connectivity index is 2.83. The molecule has 1 amide bonds. The molecular weight excluding hydrogens is 256 g/mol. The van der Waals surface area contributed by atoms with E-state index in [0.717, 1.165) is 11.1 Å². The molecule has 1 rings (SSSR count). The Kier molecular flexibility index (Phi) is 6.57. The van der Waals surface area contributed by atoms with E-state index >= 15 is 0 Å². The molecule has 5 nitrogen and oxygen atoms in total. The fraction of sp³-hybridized carbons (Fsp3) is 0.400. The molecule has 0 spiro atoms. The van der Waals surface area contributed by atoms with Gasteiger partial charge in [0.15, 0.2) is 0 Å². The summed E-state index contributed by atoms with van der Waals surface area (Å²) in [7, 11) is 5.07. The number of nitrogens with zero attached hydrogens (tertiary/aromatic N) is 1. The number of aliphatic hydroxyl groups is 1. The maximum Gasteiger partial charge on any atom is 0.233 e. The zero-order valence-electron chi connectivity index (χ0n) is 12.1. The average Bonchev–Trinajstić information content (AvgIpc) is 2.44. The molecule has 0 heterocycles. The second kappa shape index (κ2) is 8.20. The Morgan fingerprint density at radius 2 is 2.25 bits per heavy atom. The summed E-state index contributed by atoms with van der Waals surface area (Å²) in [5.41, 5.74) is 1.76. The highest BCUT2D eigenvalue weighted by Crippen LogP contribution is 2.19. The number of methoxy groups -OCH3 is 1. The van der Waals surface area contributed by atoms with E-state index in [0.29, 0.717) is 18.8 Å². The summed E-state index contributed by atoms with van der Waals surface area (Å²) in [6.45, 7) is 0.773. The maximum absolute atomic E-state index is 11.3. The van der Waals surface area contributed by atoms with Crippen LogP contribution in [0.25, 0.3) is 0 Å². The fourth-order valence-corrected chi connectivity index (χ4v) is 1.78. The number of amides is 1. The molecule has 0 bridgehead atoms. The second-order valence-corrected chi connectivity index (χ2v) is 4.34. The normalized spacial score (nSPS) is 9.85. The number of hydrogen-bond acceptors (Lipinski definition) is 4. The van der Waals surface area contributed by atoms with Gasteiger partial charge in [-0.3, -0.25) is 9.69 Å². The SMILES string of the molecule is CNC(=O)CN(C)Cc1ccc(OC)c(C#CCO)c1. The van der Waals surface area contributed by atoms with Crippen LogP contribution in [0.1, 0.15) is 11.1 Å². The van der Waals surface area contributed by atoms with Crippen molar-refractivity contribution < 1.29 is 14.6 Å². The first kappa shape index (κ1) is 16.0. The van der Waals surface area contributed by atoms with Gasteiger partial charge in [-0.15, -0.1) is 0 Å².